The van der Waals surface area contributed by atoms with Crippen molar-refractivity contribution < 1.29 is 9.53 Å². The van der Waals surface area contributed by atoms with Crippen LogP contribution in [0.1, 0.15) is 19.8 Å². The Morgan fingerprint density at radius 3 is 2.79 bits per heavy atom. The summed E-state index contributed by atoms with van der Waals surface area (Å²) < 4.78 is 4.83. The third-order valence-electron chi connectivity index (χ3n) is 2.36. The maximum absolute atomic E-state index is 11.2. The first-order valence-electron chi connectivity index (χ1n) is 5.24. The summed E-state index contributed by atoms with van der Waals surface area (Å²) in [5.41, 5.74) is 5.68. The van der Waals surface area contributed by atoms with Gasteiger partial charge in [-0.25, -0.2) is 0 Å². The summed E-state index contributed by atoms with van der Waals surface area (Å²) in [7, 11) is 2.00. The number of nitrogens with two attached hydrogens (primary N) is 1. The van der Waals surface area contributed by atoms with Gasteiger partial charge in [-0.15, -0.1) is 0 Å². The van der Waals surface area contributed by atoms with Crippen LogP contribution in [0, 0.1) is 5.92 Å². The zero-order valence-corrected chi connectivity index (χ0v) is 9.03. The summed E-state index contributed by atoms with van der Waals surface area (Å²) >= 11 is 0. The molecule has 1 saturated carbocycles. The molecule has 0 heterocycles. The second kappa shape index (κ2) is 5.32. The molecular formula is C10H20N2O2. The van der Waals surface area contributed by atoms with Gasteiger partial charge in [0.2, 0.25) is 0 Å². The Morgan fingerprint density at radius 1 is 1.64 bits per heavy atom. The Morgan fingerprint density at radius 2 is 2.29 bits per heavy atom. The van der Waals surface area contributed by atoms with Crippen LogP contribution in [0.25, 0.3) is 0 Å². The van der Waals surface area contributed by atoms with Crippen molar-refractivity contribution in [2.45, 2.75) is 25.8 Å². The van der Waals surface area contributed by atoms with Crippen molar-refractivity contribution in [2.75, 3.05) is 26.7 Å². The Kier molecular flexibility index (Phi) is 4.35. The summed E-state index contributed by atoms with van der Waals surface area (Å²) in [5.74, 6) is 0.532. The van der Waals surface area contributed by atoms with Crippen LogP contribution >= 0.6 is 0 Å². The van der Waals surface area contributed by atoms with Gasteiger partial charge < -0.3 is 15.4 Å². The third kappa shape index (κ3) is 4.07. The molecular weight excluding hydrogens is 180 g/mol. The summed E-state index contributed by atoms with van der Waals surface area (Å²) in [5, 5.41) is 0. The van der Waals surface area contributed by atoms with E-state index >= 15 is 0 Å². The second-order valence-corrected chi connectivity index (χ2v) is 4.02. The summed E-state index contributed by atoms with van der Waals surface area (Å²) in [4.78, 5) is 13.3. The van der Waals surface area contributed by atoms with Crippen molar-refractivity contribution in [3.63, 3.8) is 0 Å². The van der Waals surface area contributed by atoms with Gasteiger partial charge in [-0.05, 0) is 32.7 Å². The lowest BCUT2D eigenvalue weighted by Gasteiger charge is -2.19. The maximum atomic E-state index is 11.2. The van der Waals surface area contributed by atoms with Crippen LogP contribution < -0.4 is 5.73 Å². The van der Waals surface area contributed by atoms with Crippen molar-refractivity contribution >= 4 is 5.97 Å². The average molecular weight is 200 g/mol. The number of esters is 1. The van der Waals surface area contributed by atoms with Crippen molar-refractivity contribution in [3.05, 3.63) is 0 Å². The minimum absolute atomic E-state index is 0.296. The SMILES string of the molecule is CCOC(=O)C(N)CN(C)CC1CC1. The fourth-order valence-electron chi connectivity index (χ4n) is 1.48. The predicted octanol–water partition coefficient (Wildman–Crippen LogP) is 0.219. The molecule has 1 unspecified atom stereocenters. The fourth-order valence-corrected chi connectivity index (χ4v) is 1.48. The maximum Gasteiger partial charge on any atom is 0.324 e. The quantitative estimate of drug-likeness (QED) is 0.623. The van der Waals surface area contributed by atoms with Crippen LogP contribution in [-0.4, -0.2) is 43.7 Å². The van der Waals surface area contributed by atoms with Crippen molar-refractivity contribution in [1.82, 2.24) is 4.90 Å². The number of hydrogen-bond acceptors (Lipinski definition) is 4. The fraction of sp³-hybridized carbons (Fsp3) is 0.900. The molecule has 0 bridgehead atoms. The molecule has 14 heavy (non-hydrogen) atoms. The van der Waals surface area contributed by atoms with Crippen LogP contribution in [-0.2, 0) is 9.53 Å². The molecule has 82 valence electrons. The Balaban J connectivity index is 2.16. The number of likely N-dealkylation sites (N-methyl/N-ethyl adjacent to an activating group) is 1. The van der Waals surface area contributed by atoms with Crippen molar-refractivity contribution in [3.8, 4) is 0 Å². The van der Waals surface area contributed by atoms with E-state index in [1.165, 1.54) is 12.8 Å². The van der Waals surface area contributed by atoms with Gasteiger partial charge in [-0.3, -0.25) is 4.79 Å². The number of hydrogen-bond donors (Lipinski definition) is 1. The molecule has 1 rings (SSSR count). The van der Waals surface area contributed by atoms with Gasteiger partial charge in [0.1, 0.15) is 6.04 Å². The van der Waals surface area contributed by atoms with E-state index < -0.39 is 6.04 Å². The molecule has 1 fully saturated rings. The Bertz CT molecular complexity index is 193. The summed E-state index contributed by atoms with van der Waals surface area (Å²) in [6, 6.07) is -0.501. The lowest BCUT2D eigenvalue weighted by atomic mass is 10.3. The van der Waals surface area contributed by atoms with E-state index in [0.717, 1.165) is 12.5 Å². The molecule has 0 radical (unpaired) electrons. The van der Waals surface area contributed by atoms with E-state index in [2.05, 4.69) is 4.90 Å². The minimum Gasteiger partial charge on any atom is -0.465 e. The molecule has 2 N–H and O–H groups in total. The number of nitrogens with zero attached hydrogens (tertiary/aromatic N) is 1. The predicted molar refractivity (Wildman–Crippen MR) is 54.8 cm³/mol. The highest BCUT2D eigenvalue weighted by Gasteiger charge is 2.24. The Labute approximate surface area is 85.4 Å². The summed E-state index contributed by atoms with van der Waals surface area (Å²) in [6.07, 6.45) is 2.64. The van der Waals surface area contributed by atoms with Crippen molar-refractivity contribution in [1.29, 1.82) is 0 Å². The molecule has 0 aromatic carbocycles. The van der Waals surface area contributed by atoms with Gasteiger partial charge in [-0.1, -0.05) is 0 Å². The van der Waals surface area contributed by atoms with Gasteiger partial charge in [0.05, 0.1) is 6.61 Å². The highest BCUT2D eigenvalue weighted by Crippen LogP contribution is 2.29. The molecule has 1 atom stereocenters. The number of carbonyl (C=O) groups excluding carboxylic acids is 1. The standard InChI is InChI=1S/C10H20N2O2/c1-3-14-10(13)9(11)7-12(2)6-8-4-5-8/h8-9H,3-7,11H2,1-2H3. The smallest absolute Gasteiger partial charge is 0.324 e. The van der Waals surface area contributed by atoms with Crippen LogP contribution in [0.5, 0.6) is 0 Å². The molecule has 0 aromatic rings. The lowest BCUT2D eigenvalue weighted by Crippen LogP contribution is -2.42. The lowest BCUT2D eigenvalue weighted by molar-refractivity contribution is -0.145. The van der Waals surface area contributed by atoms with Gasteiger partial charge in [0.25, 0.3) is 0 Å². The van der Waals surface area contributed by atoms with Gasteiger partial charge in [0, 0.05) is 13.1 Å². The van der Waals surface area contributed by atoms with E-state index in [9.17, 15) is 4.79 Å². The van der Waals surface area contributed by atoms with Crippen LogP contribution in [0.2, 0.25) is 0 Å². The molecule has 4 nitrogen and oxygen atoms in total. The zero-order chi connectivity index (χ0) is 10.6. The van der Waals surface area contributed by atoms with E-state index in [4.69, 9.17) is 10.5 Å². The zero-order valence-electron chi connectivity index (χ0n) is 9.03. The first kappa shape index (κ1) is 11.5. The van der Waals surface area contributed by atoms with E-state index in [1.54, 1.807) is 6.92 Å². The van der Waals surface area contributed by atoms with E-state index in [0.29, 0.717) is 13.2 Å². The second-order valence-electron chi connectivity index (χ2n) is 4.02. The largest absolute Gasteiger partial charge is 0.465 e. The highest BCUT2D eigenvalue weighted by atomic mass is 16.5. The molecule has 0 saturated heterocycles. The summed E-state index contributed by atoms with van der Waals surface area (Å²) in [6.45, 7) is 3.83. The monoisotopic (exact) mass is 200 g/mol. The molecule has 0 spiro atoms. The average Bonchev–Trinajstić information content (AvgIpc) is 2.88. The molecule has 4 heteroatoms. The first-order valence-corrected chi connectivity index (χ1v) is 5.24. The normalized spacial score (nSPS) is 18.3. The Hall–Kier alpha value is -0.610. The van der Waals surface area contributed by atoms with Gasteiger partial charge in [0.15, 0.2) is 0 Å². The highest BCUT2D eigenvalue weighted by molar-refractivity contribution is 5.75. The van der Waals surface area contributed by atoms with Crippen LogP contribution in [0.3, 0.4) is 0 Å². The molecule has 0 aliphatic heterocycles. The number of rotatable bonds is 6. The topological polar surface area (TPSA) is 55.6 Å². The van der Waals surface area contributed by atoms with Crippen LogP contribution in [0.4, 0.5) is 0 Å². The molecule has 1 aliphatic carbocycles. The van der Waals surface area contributed by atoms with E-state index in [-0.39, 0.29) is 5.97 Å². The van der Waals surface area contributed by atoms with E-state index in [1.807, 2.05) is 7.05 Å². The van der Waals surface area contributed by atoms with Gasteiger partial charge >= 0.3 is 5.97 Å². The van der Waals surface area contributed by atoms with Crippen molar-refractivity contribution in [2.24, 2.45) is 11.7 Å². The number of ether oxygens (including phenoxy) is 1. The molecule has 1 aliphatic rings. The first-order chi connectivity index (χ1) is 6.63. The molecule has 0 aromatic heterocycles. The minimum atomic E-state index is -0.501. The molecule has 0 amide bonds. The van der Waals surface area contributed by atoms with Gasteiger partial charge in [-0.2, -0.15) is 0 Å². The van der Waals surface area contributed by atoms with Crippen LogP contribution in [0.15, 0.2) is 0 Å². The third-order valence-corrected chi connectivity index (χ3v) is 2.36. The number of carbonyl (C=O) groups is 1.